The van der Waals surface area contributed by atoms with E-state index in [1.807, 2.05) is 0 Å². The summed E-state index contributed by atoms with van der Waals surface area (Å²) in [5.74, 6) is 2.23. The molecule has 17 heavy (non-hydrogen) atoms. The summed E-state index contributed by atoms with van der Waals surface area (Å²) in [7, 11) is 0. The Morgan fingerprint density at radius 2 is 1.76 bits per heavy atom. The van der Waals surface area contributed by atoms with Crippen molar-refractivity contribution in [3.8, 4) is 0 Å². The third-order valence-corrected chi connectivity index (χ3v) is 3.44. The molecule has 0 heterocycles. The van der Waals surface area contributed by atoms with Gasteiger partial charge >= 0.3 is 0 Å². The average Bonchev–Trinajstić information content (AvgIpc) is 2.22. The molecular weight excluding hydrogens is 212 g/mol. The number of nitrogens with one attached hydrogen (secondary N) is 2. The van der Waals surface area contributed by atoms with E-state index in [2.05, 4.69) is 38.3 Å². The zero-order valence-electron chi connectivity index (χ0n) is 11.8. The minimum absolute atomic E-state index is 0.129. The zero-order valence-corrected chi connectivity index (χ0v) is 11.8. The Kier molecular flexibility index (Phi) is 5.96. The summed E-state index contributed by atoms with van der Waals surface area (Å²) in [6.45, 7) is 10.1. The molecule has 0 radical (unpaired) electrons. The molecule has 1 saturated carbocycles. The van der Waals surface area contributed by atoms with Crippen molar-refractivity contribution >= 4 is 5.91 Å². The second-order valence-corrected chi connectivity index (χ2v) is 6.19. The van der Waals surface area contributed by atoms with Crippen LogP contribution in [0, 0.1) is 17.8 Å². The lowest BCUT2D eigenvalue weighted by atomic mass is 9.80. The van der Waals surface area contributed by atoms with Crippen molar-refractivity contribution in [3.05, 3.63) is 0 Å². The highest BCUT2D eigenvalue weighted by atomic mass is 16.1. The summed E-state index contributed by atoms with van der Waals surface area (Å²) < 4.78 is 0. The van der Waals surface area contributed by atoms with E-state index in [1.165, 1.54) is 19.3 Å². The summed E-state index contributed by atoms with van der Waals surface area (Å²) in [6.07, 6.45) is 3.75. The van der Waals surface area contributed by atoms with Gasteiger partial charge in [0.1, 0.15) is 0 Å². The van der Waals surface area contributed by atoms with Crippen LogP contribution < -0.4 is 10.6 Å². The van der Waals surface area contributed by atoms with Gasteiger partial charge in [-0.1, -0.05) is 27.7 Å². The zero-order chi connectivity index (χ0) is 12.8. The van der Waals surface area contributed by atoms with Gasteiger partial charge in [-0.15, -0.1) is 0 Å². The van der Waals surface area contributed by atoms with Gasteiger partial charge in [0.05, 0.1) is 6.54 Å². The molecule has 3 nitrogen and oxygen atoms in total. The molecular formula is C14H28N2O. The quantitative estimate of drug-likeness (QED) is 0.773. The number of carbonyl (C=O) groups is 1. The van der Waals surface area contributed by atoms with E-state index in [0.29, 0.717) is 18.5 Å². The van der Waals surface area contributed by atoms with E-state index in [0.717, 1.165) is 18.4 Å². The maximum absolute atomic E-state index is 11.6. The van der Waals surface area contributed by atoms with Crippen molar-refractivity contribution in [2.45, 2.75) is 53.0 Å². The Hall–Kier alpha value is -0.570. The normalized spacial score (nSPS) is 29.4. The van der Waals surface area contributed by atoms with E-state index >= 15 is 0 Å². The fourth-order valence-electron chi connectivity index (χ4n) is 2.73. The topological polar surface area (TPSA) is 41.1 Å². The van der Waals surface area contributed by atoms with Crippen LogP contribution >= 0.6 is 0 Å². The summed E-state index contributed by atoms with van der Waals surface area (Å²) in [6, 6.07) is 0.526. The second-order valence-electron chi connectivity index (χ2n) is 6.19. The molecule has 0 aromatic rings. The molecule has 1 aliphatic rings. The van der Waals surface area contributed by atoms with Crippen molar-refractivity contribution in [2.75, 3.05) is 13.1 Å². The van der Waals surface area contributed by atoms with E-state index in [1.54, 1.807) is 0 Å². The van der Waals surface area contributed by atoms with Crippen molar-refractivity contribution < 1.29 is 4.79 Å². The van der Waals surface area contributed by atoms with Crippen LogP contribution in [-0.2, 0) is 4.79 Å². The molecule has 3 heteroatoms. The predicted molar refractivity (Wildman–Crippen MR) is 71.8 cm³/mol. The fraction of sp³-hybridized carbons (Fsp3) is 0.929. The van der Waals surface area contributed by atoms with Crippen LogP contribution in [0.3, 0.4) is 0 Å². The molecule has 0 bridgehead atoms. The van der Waals surface area contributed by atoms with Crippen LogP contribution in [-0.4, -0.2) is 25.0 Å². The smallest absolute Gasteiger partial charge is 0.233 e. The van der Waals surface area contributed by atoms with Crippen LogP contribution in [0.1, 0.15) is 47.0 Å². The van der Waals surface area contributed by atoms with Gasteiger partial charge in [-0.2, -0.15) is 0 Å². The van der Waals surface area contributed by atoms with Crippen LogP contribution in [0.25, 0.3) is 0 Å². The number of amides is 1. The minimum atomic E-state index is 0.129. The fourth-order valence-corrected chi connectivity index (χ4v) is 2.73. The van der Waals surface area contributed by atoms with E-state index < -0.39 is 0 Å². The molecule has 100 valence electrons. The molecule has 0 spiro atoms. The van der Waals surface area contributed by atoms with Gasteiger partial charge in [-0.3, -0.25) is 4.79 Å². The molecule has 1 rings (SSSR count). The van der Waals surface area contributed by atoms with E-state index in [9.17, 15) is 4.79 Å². The molecule has 0 aliphatic heterocycles. The first-order chi connectivity index (χ1) is 7.97. The highest BCUT2D eigenvalue weighted by molar-refractivity contribution is 5.77. The summed E-state index contributed by atoms with van der Waals surface area (Å²) in [5, 5.41) is 6.34. The largest absolute Gasteiger partial charge is 0.355 e. The Morgan fingerprint density at radius 3 is 2.29 bits per heavy atom. The molecule has 2 N–H and O–H groups in total. The van der Waals surface area contributed by atoms with Gasteiger partial charge in [0.15, 0.2) is 0 Å². The molecule has 0 saturated heterocycles. The molecule has 1 aliphatic carbocycles. The maximum atomic E-state index is 11.6. The SMILES string of the molecule is CC(C)CNC(=O)CNC1CC(C)CC(C)C1. The van der Waals surface area contributed by atoms with Crippen LogP contribution in [0.5, 0.6) is 0 Å². The van der Waals surface area contributed by atoms with Crippen LogP contribution in [0.2, 0.25) is 0 Å². The van der Waals surface area contributed by atoms with Crippen molar-refractivity contribution in [1.29, 1.82) is 0 Å². The van der Waals surface area contributed by atoms with Crippen LogP contribution in [0.4, 0.5) is 0 Å². The first-order valence-electron chi connectivity index (χ1n) is 6.97. The van der Waals surface area contributed by atoms with Gasteiger partial charge < -0.3 is 10.6 Å². The monoisotopic (exact) mass is 240 g/mol. The number of hydrogen-bond acceptors (Lipinski definition) is 2. The summed E-state index contributed by atoms with van der Waals surface area (Å²) in [4.78, 5) is 11.6. The first kappa shape index (κ1) is 14.5. The van der Waals surface area contributed by atoms with Gasteiger partial charge in [-0.05, 0) is 37.0 Å². The lowest BCUT2D eigenvalue weighted by Crippen LogP contribution is -2.43. The van der Waals surface area contributed by atoms with E-state index in [4.69, 9.17) is 0 Å². The Balaban J connectivity index is 2.18. The predicted octanol–water partition coefficient (Wildman–Crippen LogP) is 2.17. The lowest BCUT2D eigenvalue weighted by Gasteiger charge is -2.32. The van der Waals surface area contributed by atoms with Gasteiger partial charge in [0, 0.05) is 12.6 Å². The molecule has 2 unspecified atom stereocenters. The number of rotatable bonds is 5. The van der Waals surface area contributed by atoms with E-state index in [-0.39, 0.29) is 5.91 Å². The van der Waals surface area contributed by atoms with Gasteiger partial charge in [-0.25, -0.2) is 0 Å². The standard InChI is InChI=1S/C14H28N2O/c1-10(2)8-16-14(17)9-15-13-6-11(3)5-12(4)7-13/h10-13,15H,5-9H2,1-4H3,(H,16,17). The Morgan fingerprint density at radius 1 is 1.18 bits per heavy atom. The summed E-state index contributed by atoms with van der Waals surface area (Å²) >= 11 is 0. The number of hydrogen-bond donors (Lipinski definition) is 2. The maximum Gasteiger partial charge on any atom is 0.233 e. The molecule has 2 atom stereocenters. The molecule has 1 amide bonds. The summed E-state index contributed by atoms with van der Waals surface area (Å²) in [5.41, 5.74) is 0. The van der Waals surface area contributed by atoms with Crippen molar-refractivity contribution in [3.63, 3.8) is 0 Å². The minimum Gasteiger partial charge on any atom is -0.355 e. The van der Waals surface area contributed by atoms with Gasteiger partial charge in [0.25, 0.3) is 0 Å². The lowest BCUT2D eigenvalue weighted by molar-refractivity contribution is -0.120. The highest BCUT2D eigenvalue weighted by Crippen LogP contribution is 2.28. The molecule has 1 fully saturated rings. The molecule has 0 aromatic carbocycles. The van der Waals surface area contributed by atoms with Crippen molar-refractivity contribution in [1.82, 2.24) is 10.6 Å². The van der Waals surface area contributed by atoms with Crippen LogP contribution in [0.15, 0.2) is 0 Å². The molecule has 0 aromatic heterocycles. The third kappa shape index (κ3) is 6.06. The average molecular weight is 240 g/mol. The first-order valence-corrected chi connectivity index (χ1v) is 6.97. The Bertz CT molecular complexity index is 230. The highest BCUT2D eigenvalue weighted by Gasteiger charge is 2.23. The Labute approximate surface area is 106 Å². The van der Waals surface area contributed by atoms with Gasteiger partial charge in [0.2, 0.25) is 5.91 Å². The third-order valence-electron chi connectivity index (χ3n) is 3.44. The van der Waals surface area contributed by atoms with Crippen molar-refractivity contribution in [2.24, 2.45) is 17.8 Å². The number of carbonyl (C=O) groups excluding carboxylic acids is 1. The second kappa shape index (κ2) is 7.00.